The van der Waals surface area contributed by atoms with Crippen molar-refractivity contribution in [2.75, 3.05) is 4.90 Å². The van der Waals surface area contributed by atoms with Gasteiger partial charge in [-0.25, -0.2) is 14.9 Å². The first-order chi connectivity index (χ1) is 17.2. The number of pyridine rings is 1. The fourth-order valence-corrected chi connectivity index (χ4v) is 4.70. The number of amides is 1. The lowest BCUT2D eigenvalue weighted by Gasteiger charge is -2.14. The van der Waals surface area contributed by atoms with Crippen LogP contribution in [-0.2, 0) is 4.79 Å². The van der Waals surface area contributed by atoms with Crippen molar-refractivity contribution in [1.29, 1.82) is 0 Å². The maximum absolute atomic E-state index is 13.6. The van der Waals surface area contributed by atoms with Crippen LogP contribution < -0.4 is 9.64 Å². The molecule has 6 rings (SSSR count). The molecule has 3 aromatic carbocycles. The number of aliphatic imine (C=N–C) groups is 1. The van der Waals surface area contributed by atoms with Gasteiger partial charge in [0.25, 0.3) is 5.91 Å². The van der Waals surface area contributed by atoms with Crippen molar-refractivity contribution in [3.8, 4) is 11.5 Å². The van der Waals surface area contributed by atoms with E-state index in [1.807, 2.05) is 97.1 Å². The minimum atomic E-state index is -0.239. The lowest BCUT2D eigenvalue weighted by Crippen LogP contribution is -2.32. The normalized spacial score (nSPS) is 14.5. The lowest BCUT2D eigenvalue weighted by atomic mass is 10.2. The fraction of sp³-hybridized carbons (Fsp3) is 0. The van der Waals surface area contributed by atoms with Gasteiger partial charge in [0.2, 0.25) is 5.13 Å². The molecule has 0 saturated heterocycles. The van der Waals surface area contributed by atoms with E-state index in [-0.39, 0.29) is 5.91 Å². The van der Waals surface area contributed by atoms with E-state index in [1.165, 1.54) is 11.3 Å². The molecule has 0 unspecified atom stereocenters. The van der Waals surface area contributed by atoms with E-state index in [4.69, 9.17) is 9.73 Å². The first kappa shape index (κ1) is 20.9. The number of thiazole rings is 1. The van der Waals surface area contributed by atoms with Gasteiger partial charge in [-0.2, -0.15) is 4.98 Å². The number of carbonyl (C=O) groups excluding carboxylic acids is 1. The second kappa shape index (κ2) is 8.96. The van der Waals surface area contributed by atoms with Gasteiger partial charge in [-0.1, -0.05) is 72.0 Å². The maximum Gasteiger partial charge on any atom is 0.284 e. The smallest absolute Gasteiger partial charge is 0.284 e. The highest BCUT2D eigenvalue weighted by Crippen LogP contribution is 2.33. The molecule has 0 N–H and O–H groups in total. The molecule has 5 aromatic rings. The summed E-state index contributed by atoms with van der Waals surface area (Å²) in [5.74, 6) is 1.72. The topological polar surface area (TPSA) is 67.7 Å². The number of anilines is 1. The number of hydrogen-bond acceptors (Lipinski definition) is 6. The highest BCUT2D eigenvalue weighted by Gasteiger charge is 2.34. The molecular weight excluding hydrogens is 456 g/mol. The van der Waals surface area contributed by atoms with Crippen LogP contribution in [0.4, 0.5) is 5.13 Å². The molecular formula is C28H18N4O2S. The minimum Gasteiger partial charge on any atom is -0.457 e. The molecule has 1 aliphatic heterocycles. The number of nitrogens with zero attached hydrogens (tertiary/aromatic N) is 4. The third kappa shape index (κ3) is 4.20. The average Bonchev–Trinajstić information content (AvgIpc) is 3.46. The number of para-hydroxylation sites is 1. The lowest BCUT2D eigenvalue weighted by molar-refractivity contribution is -0.113. The zero-order chi connectivity index (χ0) is 23.6. The summed E-state index contributed by atoms with van der Waals surface area (Å²) in [4.78, 5) is 28.8. The molecule has 0 atom stereocenters. The number of aromatic nitrogens is 2. The summed E-state index contributed by atoms with van der Waals surface area (Å²) in [5, 5.41) is 0.538. The Labute approximate surface area is 205 Å². The monoisotopic (exact) mass is 474 g/mol. The molecule has 168 valence electrons. The number of carbonyl (C=O) groups is 1. The van der Waals surface area contributed by atoms with E-state index in [0.29, 0.717) is 28.1 Å². The van der Waals surface area contributed by atoms with Gasteiger partial charge < -0.3 is 4.74 Å². The van der Waals surface area contributed by atoms with Gasteiger partial charge in [0, 0.05) is 11.8 Å². The molecule has 2 aromatic heterocycles. The van der Waals surface area contributed by atoms with Crippen LogP contribution in [0.3, 0.4) is 0 Å². The van der Waals surface area contributed by atoms with Crippen LogP contribution in [0.5, 0.6) is 11.5 Å². The van der Waals surface area contributed by atoms with Crippen molar-refractivity contribution in [2.45, 2.75) is 0 Å². The summed E-state index contributed by atoms with van der Waals surface area (Å²) >= 11 is 1.41. The van der Waals surface area contributed by atoms with Crippen molar-refractivity contribution in [1.82, 2.24) is 9.97 Å². The number of hydrogen-bond donors (Lipinski definition) is 0. The molecule has 6 nitrogen and oxygen atoms in total. The molecule has 0 fully saturated rings. The number of rotatable bonds is 5. The van der Waals surface area contributed by atoms with E-state index in [0.717, 1.165) is 21.6 Å². The van der Waals surface area contributed by atoms with E-state index in [9.17, 15) is 4.79 Å². The molecule has 0 bridgehead atoms. The minimum absolute atomic E-state index is 0.239. The first-order valence-corrected chi connectivity index (χ1v) is 11.8. The SMILES string of the molecule is O=C1/C(=C\c2cccc(Oc3ccccc3)c2)N=C(c2ccccc2)N1c1nc2ncccc2s1. The van der Waals surface area contributed by atoms with Crippen molar-refractivity contribution >= 4 is 44.6 Å². The third-order valence-electron chi connectivity index (χ3n) is 5.38. The third-order valence-corrected chi connectivity index (χ3v) is 6.37. The second-order valence-corrected chi connectivity index (χ2v) is 8.79. The van der Waals surface area contributed by atoms with Crippen molar-refractivity contribution < 1.29 is 9.53 Å². The Morgan fingerprint density at radius 2 is 1.60 bits per heavy atom. The predicted octanol–water partition coefficient (Wildman–Crippen LogP) is 6.32. The zero-order valence-corrected chi connectivity index (χ0v) is 19.2. The van der Waals surface area contributed by atoms with Crippen LogP contribution in [0.1, 0.15) is 11.1 Å². The van der Waals surface area contributed by atoms with Crippen LogP contribution >= 0.6 is 11.3 Å². The molecule has 1 aliphatic rings. The van der Waals surface area contributed by atoms with Gasteiger partial charge in [0.1, 0.15) is 23.0 Å². The largest absolute Gasteiger partial charge is 0.457 e. The highest BCUT2D eigenvalue weighted by atomic mass is 32.1. The molecule has 0 radical (unpaired) electrons. The zero-order valence-electron chi connectivity index (χ0n) is 18.4. The Morgan fingerprint density at radius 3 is 2.40 bits per heavy atom. The molecule has 7 heteroatoms. The highest BCUT2D eigenvalue weighted by molar-refractivity contribution is 7.22. The summed E-state index contributed by atoms with van der Waals surface area (Å²) in [5.41, 5.74) is 2.58. The Kier molecular flexibility index (Phi) is 5.37. The van der Waals surface area contributed by atoms with Gasteiger partial charge in [-0.15, -0.1) is 0 Å². The van der Waals surface area contributed by atoms with E-state index < -0.39 is 0 Å². The van der Waals surface area contributed by atoms with Crippen molar-refractivity contribution in [3.05, 3.63) is 120 Å². The Hall–Kier alpha value is -4.62. The Bertz CT molecular complexity index is 1560. The number of fused-ring (bicyclic) bond motifs is 1. The molecule has 0 spiro atoms. The quantitative estimate of drug-likeness (QED) is 0.280. The Morgan fingerprint density at radius 1 is 0.829 bits per heavy atom. The molecule has 0 aliphatic carbocycles. The molecule has 1 amide bonds. The van der Waals surface area contributed by atoms with Gasteiger partial charge in [0.05, 0.1) is 4.70 Å². The molecule has 35 heavy (non-hydrogen) atoms. The predicted molar refractivity (Wildman–Crippen MR) is 139 cm³/mol. The number of benzene rings is 3. The van der Waals surface area contributed by atoms with Crippen molar-refractivity contribution in [3.63, 3.8) is 0 Å². The van der Waals surface area contributed by atoms with Crippen LogP contribution in [0.15, 0.2) is 114 Å². The van der Waals surface area contributed by atoms with E-state index >= 15 is 0 Å². The van der Waals surface area contributed by atoms with Crippen LogP contribution in [0.2, 0.25) is 0 Å². The van der Waals surface area contributed by atoms with Gasteiger partial charge in [-0.3, -0.25) is 4.79 Å². The summed E-state index contributed by atoms with van der Waals surface area (Å²) in [6.07, 6.45) is 3.47. The van der Waals surface area contributed by atoms with E-state index in [2.05, 4.69) is 9.97 Å². The average molecular weight is 475 g/mol. The van der Waals surface area contributed by atoms with Gasteiger partial charge in [-0.05, 0) is 48.0 Å². The van der Waals surface area contributed by atoms with Crippen LogP contribution in [0.25, 0.3) is 16.4 Å². The Balaban J connectivity index is 1.39. The summed E-state index contributed by atoms with van der Waals surface area (Å²) in [7, 11) is 0. The first-order valence-electron chi connectivity index (χ1n) is 11.0. The summed E-state index contributed by atoms with van der Waals surface area (Å²) < 4.78 is 6.86. The summed E-state index contributed by atoms with van der Waals surface area (Å²) in [6.45, 7) is 0. The van der Waals surface area contributed by atoms with Crippen molar-refractivity contribution in [2.24, 2.45) is 4.99 Å². The van der Waals surface area contributed by atoms with Gasteiger partial charge >= 0.3 is 0 Å². The maximum atomic E-state index is 13.6. The molecule has 3 heterocycles. The van der Waals surface area contributed by atoms with Gasteiger partial charge in [0.15, 0.2) is 5.65 Å². The summed E-state index contributed by atoms with van der Waals surface area (Å²) in [6, 6.07) is 30.6. The fourth-order valence-electron chi connectivity index (χ4n) is 3.78. The standard InChI is InChI=1S/C28H18N4O2S/c33-27-23(18-19-9-7-14-22(17-19)34-21-12-5-2-6-13-21)30-26(20-10-3-1-4-11-20)32(27)28-31-25-24(35-28)15-8-16-29-25/h1-18H/b23-18+. The molecule has 0 saturated carbocycles. The number of ether oxygens (including phenoxy) is 1. The number of amidine groups is 1. The van der Waals surface area contributed by atoms with Crippen LogP contribution in [-0.4, -0.2) is 21.7 Å². The second-order valence-electron chi connectivity index (χ2n) is 7.78. The van der Waals surface area contributed by atoms with Crippen LogP contribution in [0, 0.1) is 0 Å². The van der Waals surface area contributed by atoms with E-state index in [1.54, 1.807) is 17.2 Å².